The molecule has 422 valence electrons. The maximum Gasteiger partial charge on any atom is 0.179 e. The van der Waals surface area contributed by atoms with Gasteiger partial charge in [-0.1, -0.05) is 236 Å². The molecule has 0 radical (unpaired) electrons. The summed E-state index contributed by atoms with van der Waals surface area (Å²) in [5.41, 5.74) is 14.8. The molecule has 7 heteroatoms. The molecule has 5 nitrogen and oxygen atoms in total. The number of rotatable bonds is 11. The summed E-state index contributed by atoms with van der Waals surface area (Å²) in [4.78, 5) is 9.59. The van der Waals surface area contributed by atoms with Crippen LogP contribution >= 0.6 is 0 Å². The van der Waals surface area contributed by atoms with Crippen LogP contribution in [0.15, 0.2) is 249 Å². The topological polar surface area (TPSA) is 33.5 Å². The molecule has 0 bridgehead atoms. The Hall–Kier alpha value is -8.54. The van der Waals surface area contributed by atoms with Crippen molar-refractivity contribution >= 4 is 73.4 Å². The maximum absolute atomic E-state index is 6.82. The van der Waals surface area contributed by atoms with Crippen molar-refractivity contribution in [2.45, 2.75) is 77.6 Å². The van der Waals surface area contributed by atoms with Crippen molar-refractivity contribution in [3.63, 3.8) is 0 Å². The summed E-state index contributed by atoms with van der Waals surface area (Å²) in [5, 5.41) is 7.57. The van der Waals surface area contributed by atoms with Gasteiger partial charge in [0.1, 0.15) is 5.82 Å². The Kier molecular flexibility index (Phi) is 14.3. The molecule has 12 aromatic rings. The Labute approximate surface area is 516 Å². The van der Waals surface area contributed by atoms with E-state index in [1.807, 2.05) is 18.3 Å². The molecule has 0 fully saturated rings. The zero-order valence-corrected chi connectivity index (χ0v) is 52.4. The van der Waals surface area contributed by atoms with Gasteiger partial charge in [-0.3, -0.25) is 0 Å². The number of ether oxygens (including phenoxy) is 1. The third-order valence-corrected chi connectivity index (χ3v) is 22.7. The van der Waals surface area contributed by atoms with Crippen LogP contribution < -0.4 is 35.3 Å². The maximum atomic E-state index is 6.82. The zero-order valence-electron chi connectivity index (χ0n) is 49.2. The zero-order chi connectivity index (χ0) is 57.4. The number of anilines is 4. The Balaban J connectivity index is 0.00000672. The van der Waals surface area contributed by atoms with Crippen molar-refractivity contribution in [3.8, 4) is 39.6 Å². The van der Waals surface area contributed by atoms with Crippen LogP contribution in [-0.4, -0.2) is 17.6 Å². The number of pyridine rings is 1. The summed E-state index contributed by atoms with van der Waals surface area (Å²) in [5.74, 6) is 2.03. The standard InChI is InChI=1S/C78H67N4OSi.Pt/c1-76(2,3)56-44-47-79-74(50-56)82-70-37-18-17-34-66(70)67-42-41-59(52-73(67)82)83-58-26-22-25-57(51-58)80-53-81(72-39-20-19-38-71(72)80)75-64(35-23-36-65(75)55-40-43-68-69(49-55)78(6,7)46-45-77(68,4)5)54-24-21-33-63(48-54)84(60-27-11-8-12-28-60,61-29-13-9-14-30-61)62-31-15-10-16-32-62;/h8-44,47-50,53H,45-46H2,1-7H3;/q-3;. The summed E-state index contributed by atoms with van der Waals surface area (Å²) >= 11 is 0. The van der Waals surface area contributed by atoms with E-state index in [0.29, 0.717) is 11.5 Å². The minimum atomic E-state index is -2.88. The molecule has 0 amide bonds. The van der Waals surface area contributed by atoms with Crippen molar-refractivity contribution < 1.29 is 25.8 Å². The molecule has 2 aromatic heterocycles. The van der Waals surface area contributed by atoms with Crippen LogP contribution in [0.3, 0.4) is 0 Å². The van der Waals surface area contributed by atoms with Crippen LogP contribution in [0.1, 0.15) is 78.0 Å². The quantitative estimate of drug-likeness (QED) is 0.0734. The summed E-state index contributed by atoms with van der Waals surface area (Å²) in [6.45, 7) is 18.6. The molecule has 3 heterocycles. The van der Waals surface area contributed by atoms with Crippen LogP contribution in [-0.2, 0) is 37.3 Å². The summed E-state index contributed by atoms with van der Waals surface area (Å²) in [7, 11) is -2.88. The molecule has 85 heavy (non-hydrogen) atoms. The smallest absolute Gasteiger partial charge is 0.179 e. The summed E-state index contributed by atoms with van der Waals surface area (Å²) in [6, 6.07) is 96.6. The van der Waals surface area contributed by atoms with Crippen molar-refractivity contribution in [1.29, 1.82) is 0 Å². The van der Waals surface area contributed by atoms with Gasteiger partial charge in [0.15, 0.2) is 8.07 Å². The molecule has 2 aliphatic rings. The van der Waals surface area contributed by atoms with Crippen molar-refractivity contribution in [2.24, 2.45) is 0 Å². The average molecular weight is 1300 g/mol. The minimum Gasteiger partial charge on any atom is -0.509 e. The van der Waals surface area contributed by atoms with Gasteiger partial charge in [0, 0.05) is 72.5 Å². The monoisotopic (exact) mass is 1300 g/mol. The largest absolute Gasteiger partial charge is 0.509 e. The van der Waals surface area contributed by atoms with Gasteiger partial charge in [-0.05, 0) is 113 Å². The molecule has 1 aliphatic carbocycles. The molecule has 0 N–H and O–H groups in total. The Morgan fingerprint density at radius 2 is 1.06 bits per heavy atom. The van der Waals surface area contributed by atoms with Crippen LogP contribution in [0, 0.1) is 18.8 Å². The molecule has 10 aromatic carbocycles. The van der Waals surface area contributed by atoms with E-state index in [-0.39, 0.29) is 37.3 Å². The molecular formula is C78H67N4OPtSi-3. The minimum absolute atomic E-state index is 0. The molecule has 0 saturated heterocycles. The number of hydrogen-bond acceptors (Lipinski definition) is 4. The summed E-state index contributed by atoms with van der Waals surface area (Å²) < 4.78 is 9.03. The number of aromatic nitrogens is 2. The second-order valence-electron chi connectivity index (χ2n) is 25.1. The molecule has 0 unspecified atom stereocenters. The van der Waals surface area contributed by atoms with Gasteiger partial charge in [0.05, 0.1) is 0 Å². The number of hydrogen-bond donors (Lipinski definition) is 0. The van der Waals surface area contributed by atoms with Crippen molar-refractivity contribution in [2.75, 3.05) is 9.80 Å². The molecule has 1 aliphatic heterocycles. The van der Waals surface area contributed by atoms with Gasteiger partial charge in [-0.15, -0.1) is 48.1 Å². The van der Waals surface area contributed by atoms with E-state index in [1.165, 1.54) is 43.0 Å². The first-order valence-electron chi connectivity index (χ1n) is 29.5. The van der Waals surface area contributed by atoms with Crippen LogP contribution in [0.5, 0.6) is 11.5 Å². The van der Waals surface area contributed by atoms with E-state index < -0.39 is 8.07 Å². The van der Waals surface area contributed by atoms with Crippen molar-refractivity contribution in [3.05, 3.63) is 284 Å². The third-order valence-electron chi connectivity index (χ3n) is 17.9. The first kappa shape index (κ1) is 55.6. The van der Waals surface area contributed by atoms with Crippen LogP contribution in [0.2, 0.25) is 0 Å². The molecule has 14 rings (SSSR count). The molecule has 0 spiro atoms. The first-order chi connectivity index (χ1) is 40.8. The Bertz CT molecular complexity index is 4350. The predicted octanol–water partition coefficient (Wildman–Crippen LogP) is 17.3. The van der Waals surface area contributed by atoms with Gasteiger partial charge in [-0.2, -0.15) is 12.1 Å². The van der Waals surface area contributed by atoms with E-state index in [4.69, 9.17) is 9.72 Å². The second-order valence-corrected chi connectivity index (χ2v) is 28.9. The molecular weight excluding hydrogens is 1230 g/mol. The van der Waals surface area contributed by atoms with E-state index in [1.54, 1.807) is 0 Å². The molecule has 0 atom stereocenters. The Morgan fingerprint density at radius 3 is 1.73 bits per heavy atom. The first-order valence-corrected chi connectivity index (χ1v) is 31.5. The van der Waals surface area contributed by atoms with E-state index in [0.717, 1.165) is 79.9 Å². The summed E-state index contributed by atoms with van der Waals surface area (Å²) in [6.07, 6.45) is 4.20. The fourth-order valence-electron chi connectivity index (χ4n) is 13.4. The van der Waals surface area contributed by atoms with Crippen LogP contribution in [0.25, 0.3) is 49.9 Å². The Morgan fingerprint density at radius 1 is 0.494 bits per heavy atom. The van der Waals surface area contributed by atoms with Gasteiger partial charge in [0.2, 0.25) is 0 Å². The van der Waals surface area contributed by atoms with E-state index in [9.17, 15) is 0 Å². The number of nitrogens with zero attached hydrogens (tertiary/aromatic N) is 4. The third kappa shape index (κ3) is 9.74. The van der Waals surface area contributed by atoms with Crippen LogP contribution in [0.4, 0.5) is 22.7 Å². The normalized spacial score (nSPS) is 14.4. The number of para-hydroxylation sites is 4. The SMILES string of the molecule is CC(C)(C)c1ccnc(-n2c3[c-]c(Oc4[c-]c(N5[CH-]N(c6c(-c7cccc([Si](c8ccccc8)(c8ccccc8)c8ccccc8)c7)cccc6-c6ccc7c(c6)C(C)(C)CCC7(C)C)c6ccccc65)ccc4)ccc3c3ccccc32)c1.[Pt]. The number of benzene rings is 10. The fraction of sp³-hybridized carbons (Fsp3) is 0.154. The predicted molar refractivity (Wildman–Crippen MR) is 353 cm³/mol. The fourth-order valence-corrected chi connectivity index (χ4v) is 18.2. The second kappa shape index (κ2) is 21.8. The number of fused-ring (bicyclic) bond motifs is 5. The molecule has 0 saturated carbocycles. The van der Waals surface area contributed by atoms with Gasteiger partial charge < -0.3 is 19.1 Å². The van der Waals surface area contributed by atoms with Gasteiger partial charge >= 0.3 is 0 Å². The van der Waals surface area contributed by atoms with Gasteiger partial charge in [0.25, 0.3) is 0 Å². The van der Waals surface area contributed by atoms with Gasteiger partial charge in [-0.25, -0.2) is 4.98 Å². The average Bonchev–Trinajstić information content (AvgIpc) is 1.76. The van der Waals surface area contributed by atoms with E-state index in [2.05, 4.69) is 312 Å². The van der Waals surface area contributed by atoms with Crippen molar-refractivity contribution in [1.82, 2.24) is 9.55 Å². The van der Waals surface area contributed by atoms with E-state index >= 15 is 0 Å².